The fourth-order valence-corrected chi connectivity index (χ4v) is 2.76. The average molecular weight is 350 g/mol. The Kier molecular flexibility index (Phi) is 4.37. The third-order valence-electron chi connectivity index (χ3n) is 2.39. The van der Waals surface area contributed by atoms with E-state index in [4.69, 9.17) is 34.8 Å². The highest BCUT2D eigenvalue weighted by Crippen LogP contribution is 2.35. The van der Waals surface area contributed by atoms with Crippen LogP contribution in [0.2, 0.25) is 10.0 Å². The van der Waals surface area contributed by atoms with Gasteiger partial charge < -0.3 is 0 Å². The highest BCUT2D eigenvalue weighted by Gasteiger charge is 2.14. The Bertz CT molecular complexity index is 523. The van der Waals surface area contributed by atoms with Crippen LogP contribution in [0.4, 0.5) is 0 Å². The van der Waals surface area contributed by atoms with Gasteiger partial charge in [-0.3, -0.25) is 0 Å². The highest BCUT2D eigenvalue weighted by atomic mass is 79.9. The molecule has 0 radical (unpaired) electrons. The van der Waals surface area contributed by atoms with Gasteiger partial charge in [0, 0.05) is 14.5 Å². The first kappa shape index (κ1) is 13.2. The summed E-state index contributed by atoms with van der Waals surface area (Å²) in [5, 5.41) is 1.12. The summed E-state index contributed by atoms with van der Waals surface area (Å²) in [6.07, 6.45) is 0. The van der Waals surface area contributed by atoms with Crippen LogP contribution in [-0.2, 0) is 0 Å². The Balaban J connectivity index is 2.39. The molecule has 0 saturated heterocycles. The van der Waals surface area contributed by atoms with E-state index in [9.17, 15) is 0 Å². The Morgan fingerprint density at radius 2 is 1.47 bits per heavy atom. The predicted molar refractivity (Wildman–Crippen MR) is 78.3 cm³/mol. The van der Waals surface area contributed by atoms with Crippen molar-refractivity contribution in [1.29, 1.82) is 0 Å². The molecule has 0 aromatic heterocycles. The third-order valence-corrected chi connectivity index (χ3v) is 4.09. The fourth-order valence-electron chi connectivity index (χ4n) is 1.52. The third kappa shape index (κ3) is 3.17. The lowest BCUT2D eigenvalue weighted by molar-refractivity contribution is 1.13. The van der Waals surface area contributed by atoms with E-state index in [-0.39, 0.29) is 5.38 Å². The molecule has 0 spiro atoms. The summed E-state index contributed by atoms with van der Waals surface area (Å²) in [7, 11) is 0. The lowest BCUT2D eigenvalue weighted by Crippen LogP contribution is -1.94. The largest absolute Gasteiger partial charge is 0.113 e. The molecule has 0 nitrogen and oxygen atoms in total. The van der Waals surface area contributed by atoms with Crippen LogP contribution in [0.25, 0.3) is 0 Å². The van der Waals surface area contributed by atoms with Gasteiger partial charge in [-0.1, -0.05) is 51.3 Å². The minimum atomic E-state index is -0.250. The molecule has 0 aliphatic heterocycles. The standard InChI is InChI=1S/C13H8BrCl3/c14-12-6-5-10(16)7-11(12)13(17)8-1-3-9(15)4-2-8/h1-7,13H. The SMILES string of the molecule is Clc1ccc(C(Cl)c2cc(Cl)ccc2Br)cc1. The van der Waals surface area contributed by atoms with Crippen molar-refractivity contribution in [3.05, 3.63) is 68.1 Å². The lowest BCUT2D eigenvalue weighted by atomic mass is 10.0. The first-order valence-corrected chi connectivity index (χ1v) is 6.91. The number of hydrogen-bond donors (Lipinski definition) is 0. The Labute approximate surface area is 124 Å². The molecule has 0 heterocycles. The maximum absolute atomic E-state index is 6.43. The van der Waals surface area contributed by atoms with Gasteiger partial charge in [0.1, 0.15) is 0 Å². The number of rotatable bonds is 2. The fraction of sp³-hybridized carbons (Fsp3) is 0.0769. The van der Waals surface area contributed by atoms with E-state index in [1.807, 2.05) is 42.5 Å². The number of benzene rings is 2. The van der Waals surface area contributed by atoms with Crippen LogP contribution in [0.5, 0.6) is 0 Å². The second-order valence-corrected chi connectivity index (χ2v) is 5.74. The Hall–Kier alpha value is -0.210. The normalized spacial score (nSPS) is 12.5. The number of alkyl halides is 1. The monoisotopic (exact) mass is 348 g/mol. The zero-order valence-electron chi connectivity index (χ0n) is 8.63. The molecule has 0 aliphatic carbocycles. The van der Waals surface area contributed by atoms with Gasteiger partial charge in [0.25, 0.3) is 0 Å². The molecule has 4 heteroatoms. The van der Waals surface area contributed by atoms with Gasteiger partial charge in [-0.2, -0.15) is 0 Å². The summed E-state index contributed by atoms with van der Waals surface area (Å²) in [5.74, 6) is 0. The zero-order valence-corrected chi connectivity index (χ0v) is 12.5. The van der Waals surface area contributed by atoms with Crippen LogP contribution in [0.1, 0.15) is 16.5 Å². The first-order valence-electron chi connectivity index (χ1n) is 4.92. The summed E-state index contributed by atoms with van der Waals surface area (Å²) in [5.41, 5.74) is 1.93. The van der Waals surface area contributed by atoms with Crippen LogP contribution >= 0.6 is 50.7 Å². The van der Waals surface area contributed by atoms with E-state index in [1.54, 1.807) is 0 Å². The van der Waals surface area contributed by atoms with Crippen molar-refractivity contribution >= 4 is 50.7 Å². The van der Waals surface area contributed by atoms with E-state index >= 15 is 0 Å². The predicted octanol–water partition coefficient (Wildman–Crippen LogP) is 6.08. The molecule has 0 saturated carbocycles. The molecule has 0 fully saturated rings. The summed E-state index contributed by atoms with van der Waals surface area (Å²) >= 11 is 21.7. The van der Waals surface area contributed by atoms with Crippen molar-refractivity contribution < 1.29 is 0 Å². The Morgan fingerprint density at radius 1 is 0.882 bits per heavy atom. The lowest BCUT2D eigenvalue weighted by Gasteiger charge is -2.12. The van der Waals surface area contributed by atoms with Gasteiger partial charge in [0.2, 0.25) is 0 Å². The van der Waals surface area contributed by atoms with E-state index < -0.39 is 0 Å². The molecule has 2 rings (SSSR count). The van der Waals surface area contributed by atoms with Crippen molar-refractivity contribution in [3.8, 4) is 0 Å². The van der Waals surface area contributed by atoms with Crippen molar-refractivity contribution in [3.63, 3.8) is 0 Å². The van der Waals surface area contributed by atoms with Gasteiger partial charge in [-0.25, -0.2) is 0 Å². The minimum Gasteiger partial charge on any atom is -0.113 e. The van der Waals surface area contributed by atoms with Gasteiger partial charge in [0.05, 0.1) is 5.38 Å². The number of halogens is 4. The van der Waals surface area contributed by atoms with Gasteiger partial charge >= 0.3 is 0 Å². The summed E-state index contributed by atoms with van der Waals surface area (Å²) in [6, 6.07) is 13.0. The van der Waals surface area contributed by atoms with E-state index in [2.05, 4.69) is 15.9 Å². The van der Waals surface area contributed by atoms with Crippen LogP contribution in [-0.4, -0.2) is 0 Å². The molecule has 1 atom stereocenters. The van der Waals surface area contributed by atoms with Crippen molar-refractivity contribution in [2.45, 2.75) is 5.38 Å². The topological polar surface area (TPSA) is 0 Å². The first-order chi connectivity index (χ1) is 8.08. The molecule has 0 aliphatic rings. The second kappa shape index (κ2) is 5.62. The smallest absolute Gasteiger partial charge is 0.0846 e. The van der Waals surface area contributed by atoms with Crippen LogP contribution in [0.15, 0.2) is 46.9 Å². The molecule has 88 valence electrons. The summed E-state index contributed by atoms with van der Waals surface area (Å²) in [4.78, 5) is 0. The molecule has 1 unspecified atom stereocenters. The van der Waals surface area contributed by atoms with E-state index in [1.165, 1.54) is 0 Å². The van der Waals surface area contributed by atoms with Crippen molar-refractivity contribution in [1.82, 2.24) is 0 Å². The van der Waals surface area contributed by atoms with Gasteiger partial charge in [-0.15, -0.1) is 11.6 Å². The van der Waals surface area contributed by atoms with Crippen LogP contribution in [0, 0.1) is 0 Å². The van der Waals surface area contributed by atoms with Gasteiger partial charge in [-0.05, 0) is 41.5 Å². The maximum Gasteiger partial charge on any atom is 0.0846 e. The van der Waals surface area contributed by atoms with E-state index in [0.29, 0.717) is 10.0 Å². The zero-order chi connectivity index (χ0) is 12.4. The molecular formula is C13H8BrCl3. The van der Waals surface area contributed by atoms with Crippen molar-refractivity contribution in [2.24, 2.45) is 0 Å². The quantitative estimate of drug-likeness (QED) is 0.575. The van der Waals surface area contributed by atoms with E-state index in [0.717, 1.165) is 15.6 Å². The van der Waals surface area contributed by atoms with Crippen LogP contribution in [0.3, 0.4) is 0 Å². The molecule has 0 amide bonds. The highest BCUT2D eigenvalue weighted by molar-refractivity contribution is 9.10. The molecule has 0 bridgehead atoms. The Morgan fingerprint density at radius 3 is 2.12 bits per heavy atom. The average Bonchev–Trinajstić information content (AvgIpc) is 2.32. The molecular weight excluding hydrogens is 342 g/mol. The molecule has 17 heavy (non-hydrogen) atoms. The van der Waals surface area contributed by atoms with Crippen molar-refractivity contribution in [2.75, 3.05) is 0 Å². The summed E-state index contributed by atoms with van der Waals surface area (Å²) < 4.78 is 0.942. The van der Waals surface area contributed by atoms with Crippen LogP contribution < -0.4 is 0 Å². The maximum atomic E-state index is 6.43. The minimum absolute atomic E-state index is 0.250. The van der Waals surface area contributed by atoms with Gasteiger partial charge in [0.15, 0.2) is 0 Å². The molecule has 2 aromatic rings. The summed E-state index contributed by atoms with van der Waals surface area (Å²) in [6.45, 7) is 0. The molecule has 0 N–H and O–H groups in total. The number of hydrogen-bond acceptors (Lipinski definition) is 0. The second-order valence-electron chi connectivity index (χ2n) is 3.58. The molecule has 2 aromatic carbocycles.